The van der Waals surface area contributed by atoms with E-state index < -0.39 is 24.2 Å². The zero-order valence-electron chi connectivity index (χ0n) is 19.2. The summed E-state index contributed by atoms with van der Waals surface area (Å²) in [6, 6.07) is 5.04. The molecule has 0 aromatic carbocycles. The van der Waals surface area contributed by atoms with E-state index in [-0.39, 0.29) is 18.2 Å². The molecular weight excluding hydrogens is 453 g/mol. The summed E-state index contributed by atoms with van der Waals surface area (Å²) in [5.74, 6) is 0.250. The summed E-state index contributed by atoms with van der Waals surface area (Å²) in [5, 5.41) is 21.7. The van der Waals surface area contributed by atoms with Crippen LogP contribution in [0.5, 0.6) is 0 Å². The number of nitrogens with zero attached hydrogens (tertiary/aromatic N) is 5. The Labute approximate surface area is 200 Å². The van der Waals surface area contributed by atoms with E-state index in [4.69, 9.17) is 9.72 Å². The van der Waals surface area contributed by atoms with Gasteiger partial charge in [0.1, 0.15) is 23.2 Å². The van der Waals surface area contributed by atoms with Gasteiger partial charge in [-0.1, -0.05) is 0 Å². The van der Waals surface area contributed by atoms with Gasteiger partial charge in [-0.2, -0.15) is 9.61 Å². The molecule has 1 saturated heterocycles. The Morgan fingerprint density at radius 2 is 2.17 bits per heavy atom. The molecule has 11 heteroatoms. The van der Waals surface area contributed by atoms with Crippen LogP contribution in [0.2, 0.25) is 0 Å². The average molecular weight is 480 g/mol. The zero-order chi connectivity index (χ0) is 24.1. The number of amides is 1. The number of rotatable bonds is 5. The number of halogens is 1. The minimum Gasteiger partial charge on any atom is -0.389 e. The van der Waals surface area contributed by atoms with Gasteiger partial charge in [0.25, 0.3) is 5.91 Å². The van der Waals surface area contributed by atoms with Crippen molar-refractivity contribution in [2.45, 2.75) is 43.6 Å². The van der Waals surface area contributed by atoms with E-state index in [1.54, 1.807) is 17.8 Å². The lowest BCUT2D eigenvalue weighted by Gasteiger charge is -2.30. The van der Waals surface area contributed by atoms with E-state index in [9.17, 15) is 14.3 Å². The molecule has 3 N–H and O–H groups in total. The second-order valence-corrected chi connectivity index (χ2v) is 9.07. The summed E-state index contributed by atoms with van der Waals surface area (Å²) < 4.78 is 22.7. The number of fused-ring (bicyclic) bond motifs is 2. The Morgan fingerprint density at radius 3 is 2.91 bits per heavy atom. The van der Waals surface area contributed by atoms with Crippen LogP contribution in [0.1, 0.15) is 35.7 Å². The third-order valence-corrected chi connectivity index (χ3v) is 6.99. The second-order valence-electron chi connectivity index (χ2n) is 9.07. The van der Waals surface area contributed by atoms with E-state index in [0.717, 1.165) is 16.6 Å². The third kappa shape index (κ3) is 3.62. The van der Waals surface area contributed by atoms with Gasteiger partial charge in [-0.15, -0.1) is 0 Å². The average Bonchev–Trinajstić information content (AvgIpc) is 3.48. The number of aliphatic hydroxyl groups excluding tert-OH is 1. The molecule has 1 aliphatic heterocycles. The molecule has 35 heavy (non-hydrogen) atoms. The summed E-state index contributed by atoms with van der Waals surface area (Å²) in [7, 11) is 1.77. The molecule has 182 valence electrons. The number of alkyl halides is 1. The van der Waals surface area contributed by atoms with Crippen molar-refractivity contribution in [2.24, 2.45) is 0 Å². The lowest BCUT2D eigenvalue weighted by molar-refractivity contribution is -0.0375. The molecule has 0 bridgehead atoms. The molecule has 4 aromatic heterocycles. The molecule has 0 spiro atoms. The molecule has 0 radical (unpaired) electrons. The Hall–Kier alpha value is -3.57. The van der Waals surface area contributed by atoms with Gasteiger partial charge in [-0.25, -0.2) is 14.4 Å². The second kappa shape index (κ2) is 8.58. The van der Waals surface area contributed by atoms with Gasteiger partial charge >= 0.3 is 0 Å². The van der Waals surface area contributed by atoms with E-state index in [1.165, 1.54) is 6.20 Å². The molecule has 0 unspecified atom stereocenters. The fourth-order valence-electron chi connectivity index (χ4n) is 4.88. The molecule has 4 aromatic rings. The maximum atomic E-state index is 13.7. The smallest absolute Gasteiger partial charge is 0.257 e. The summed E-state index contributed by atoms with van der Waals surface area (Å²) in [5.41, 5.74) is 2.84. The quantitative estimate of drug-likeness (QED) is 0.402. The number of carbonyl (C=O) groups excluding carboxylic acids is 1. The maximum Gasteiger partial charge on any atom is 0.257 e. The van der Waals surface area contributed by atoms with Crippen molar-refractivity contribution in [3.63, 3.8) is 0 Å². The Bertz CT molecular complexity index is 1420. The van der Waals surface area contributed by atoms with Crippen molar-refractivity contribution in [1.29, 1.82) is 0 Å². The summed E-state index contributed by atoms with van der Waals surface area (Å²) in [6.07, 6.45) is 5.22. The van der Waals surface area contributed by atoms with E-state index in [1.807, 2.05) is 29.0 Å². The number of aliphatic hydroxyl groups is 1. The molecule has 6 rings (SSSR count). The van der Waals surface area contributed by atoms with Gasteiger partial charge in [-0.05, 0) is 31.4 Å². The van der Waals surface area contributed by atoms with Crippen molar-refractivity contribution in [1.82, 2.24) is 29.5 Å². The van der Waals surface area contributed by atoms with Crippen molar-refractivity contribution >= 4 is 28.4 Å². The highest BCUT2D eigenvalue weighted by Gasteiger charge is 2.33. The first-order valence-corrected chi connectivity index (χ1v) is 11.8. The Kier molecular flexibility index (Phi) is 5.37. The standard InChI is InChI=1S/C24H26FN7O3/c1-26-21-9-18(29-23-14(10-28-32(21)23)24(34)30-17-5-4-16(17)25)15-11-31(19-6-8-35-12-20(19)33)22-13(15)3-2-7-27-22/h2-3,7,9-11,16-17,19-20,26,33H,4-6,8,12H2,1H3,(H,30,34)/t16-,17-,19+,20+/m1/s1. The van der Waals surface area contributed by atoms with E-state index in [2.05, 4.69) is 20.7 Å². The predicted molar refractivity (Wildman–Crippen MR) is 127 cm³/mol. The highest BCUT2D eigenvalue weighted by molar-refractivity contribution is 6.01. The predicted octanol–water partition coefficient (Wildman–Crippen LogP) is 2.34. The van der Waals surface area contributed by atoms with E-state index >= 15 is 0 Å². The van der Waals surface area contributed by atoms with Crippen LogP contribution >= 0.6 is 0 Å². The lowest BCUT2D eigenvalue weighted by atomic mass is 9.90. The monoisotopic (exact) mass is 479 g/mol. The van der Waals surface area contributed by atoms with E-state index in [0.29, 0.717) is 43.0 Å². The SMILES string of the molecule is CNc1cc(-c2cn([C@H]3CCOC[C@@H]3O)c3ncccc23)nc2c(C(=O)N[C@@H]3CC[C@H]3F)cnn12. The van der Waals surface area contributed by atoms with Crippen molar-refractivity contribution < 1.29 is 19.0 Å². The van der Waals surface area contributed by atoms with Gasteiger partial charge in [0.15, 0.2) is 5.65 Å². The van der Waals surface area contributed by atoms with Gasteiger partial charge < -0.3 is 25.0 Å². The first-order valence-electron chi connectivity index (χ1n) is 11.8. The molecule has 1 saturated carbocycles. The molecule has 1 aliphatic carbocycles. The van der Waals surface area contributed by atoms with Crippen LogP contribution in [0.15, 0.2) is 36.8 Å². The molecule has 10 nitrogen and oxygen atoms in total. The summed E-state index contributed by atoms with van der Waals surface area (Å²) >= 11 is 0. The molecular formula is C24H26FN7O3. The maximum absolute atomic E-state index is 13.7. The first-order chi connectivity index (χ1) is 17.0. The minimum absolute atomic E-state index is 0.171. The van der Waals surface area contributed by atoms with Gasteiger partial charge in [-0.3, -0.25) is 4.79 Å². The normalized spacial score (nSPS) is 24.4. The highest BCUT2D eigenvalue weighted by atomic mass is 19.1. The molecule has 5 heterocycles. The number of nitrogens with one attached hydrogen (secondary N) is 2. The van der Waals surface area contributed by atoms with Gasteiger partial charge in [0.2, 0.25) is 0 Å². The number of pyridine rings is 1. The minimum atomic E-state index is -1.02. The largest absolute Gasteiger partial charge is 0.389 e. The molecule has 4 atom stereocenters. The Balaban J connectivity index is 1.47. The van der Waals surface area contributed by atoms with Crippen LogP contribution in [0, 0.1) is 0 Å². The number of carbonyl (C=O) groups is 1. The zero-order valence-corrected chi connectivity index (χ0v) is 19.2. The van der Waals surface area contributed by atoms with Crippen LogP contribution in [-0.2, 0) is 4.74 Å². The molecule has 2 aliphatic rings. The fraction of sp³-hybridized carbons (Fsp3) is 0.417. The number of anilines is 1. The fourth-order valence-corrected chi connectivity index (χ4v) is 4.88. The number of ether oxygens (including phenoxy) is 1. The van der Waals surface area contributed by atoms with Crippen LogP contribution in [0.3, 0.4) is 0 Å². The van der Waals surface area contributed by atoms with Crippen LogP contribution in [-0.4, -0.2) is 73.7 Å². The van der Waals surface area contributed by atoms with Crippen LogP contribution < -0.4 is 10.6 Å². The summed E-state index contributed by atoms with van der Waals surface area (Å²) in [6.45, 7) is 0.836. The number of aromatic nitrogens is 5. The highest BCUT2D eigenvalue weighted by Crippen LogP contribution is 2.35. The third-order valence-electron chi connectivity index (χ3n) is 6.99. The summed E-state index contributed by atoms with van der Waals surface area (Å²) in [4.78, 5) is 22.3. The van der Waals surface area contributed by atoms with Crippen LogP contribution in [0.4, 0.5) is 10.2 Å². The van der Waals surface area contributed by atoms with Gasteiger partial charge in [0, 0.05) is 43.1 Å². The number of hydrogen-bond acceptors (Lipinski definition) is 7. The lowest BCUT2D eigenvalue weighted by Crippen LogP contribution is -2.48. The van der Waals surface area contributed by atoms with Gasteiger partial charge in [0.05, 0.1) is 36.7 Å². The van der Waals surface area contributed by atoms with Crippen molar-refractivity contribution in [3.05, 3.63) is 42.4 Å². The molecule has 2 fully saturated rings. The van der Waals surface area contributed by atoms with Crippen LogP contribution in [0.25, 0.3) is 27.9 Å². The van der Waals surface area contributed by atoms with Crippen molar-refractivity contribution in [3.8, 4) is 11.3 Å². The first kappa shape index (κ1) is 21.9. The Morgan fingerprint density at radius 1 is 1.29 bits per heavy atom. The van der Waals surface area contributed by atoms with Crippen molar-refractivity contribution in [2.75, 3.05) is 25.6 Å². The topological polar surface area (TPSA) is 119 Å². The molecule has 1 amide bonds. The number of hydrogen-bond donors (Lipinski definition) is 3.